The Morgan fingerprint density at radius 3 is 2.63 bits per heavy atom. The molecular formula is C23H26N4O3. The maximum Gasteiger partial charge on any atom is 0.311 e. The highest BCUT2D eigenvalue weighted by Gasteiger charge is 2.18. The summed E-state index contributed by atoms with van der Waals surface area (Å²) in [6.45, 7) is 5.02. The first-order chi connectivity index (χ1) is 14.6. The quantitative estimate of drug-likeness (QED) is 0.677. The molecule has 0 bridgehead atoms. The van der Waals surface area contributed by atoms with Gasteiger partial charge in [-0.3, -0.25) is 9.69 Å². The number of ether oxygens (including phenoxy) is 1. The van der Waals surface area contributed by atoms with E-state index in [9.17, 15) is 4.79 Å². The third-order valence-electron chi connectivity index (χ3n) is 5.27. The first kappa shape index (κ1) is 20.1. The van der Waals surface area contributed by atoms with E-state index >= 15 is 0 Å². The predicted molar refractivity (Wildman–Crippen MR) is 116 cm³/mol. The van der Waals surface area contributed by atoms with E-state index in [-0.39, 0.29) is 5.89 Å². The highest BCUT2D eigenvalue weighted by molar-refractivity contribution is 6.02. The van der Waals surface area contributed by atoms with Crippen molar-refractivity contribution in [3.63, 3.8) is 0 Å². The number of amides is 1. The fourth-order valence-corrected chi connectivity index (χ4v) is 3.51. The zero-order valence-corrected chi connectivity index (χ0v) is 17.3. The minimum atomic E-state index is -0.410. The Labute approximate surface area is 176 Å². The largest absolute Gasteiger partial charge is 0.495 e. The van der Waals surface area contributed by atoms with Crippen LogP contribution in [0.4, 0.5) is 5.69 Å². The van der Waals surface area contributed by atoms with Gasteiger partial charge in [-0.1, -0.05) is 36.4 Å². The molecule has 2 heterocycles. The molecule has 1 saturated heterocycles. The number of hydrogen-bond donors (Lipinski definition) is 1. The number of benzene rings is 2. The lowest BCUT2D eigenvalue weighted by Gasteiger charge is -2.32. The minimum absolute atomic E-state index is 0.0142. The Bertz CT molecular complexity index is 995. The molecule has 2 aromatic carbocycles. The summed E-state index contributed by atoms with van der Waals surface area (Å²) < 4.78 is 11.1. The van der Waals surface area contributed by atoms with Gasteiger partial charge in [0.05, 0.1) is 19.0 Å². The molecule has 0 saturated carbocycles. The van der Waals surface area contributed by atoms with Crippen LogP contribution in [0.25, 0.3) is 11.3 Å². The molecule has 1 N–H and O–H groups in total. The molecule has 7 heteroatoms. The molecule has 7 nitrogen and oxygen atoms in total. The topological polar surface area (TPSA) is 70.8 Å². The van der Waals surface area contributed by atoms with Crippen molar-refractivity contribution in [2.75, 3.05) is 45.7 Å². The van der Waals surface area contributed by atoms with Crippen LogP contribution in [-0.4, -0.2) is 61.0 Å². The van der Waals surface area contributed by atoms with E-state index in [4.69, 9.17) is 9.15 Å². The van der Waals surface area contributed by atoms with Crippen LogP contribution < -0.4 is 10.1 Å². The molecule has 0 aliphatic carbocycles. The maximum absolute atomic E-state index is 12.7. The number of piperazine rings is 1. The van der Waals surface area contributed by atoms with E-state index in [1.54, 1.807) is 13.3 Å². The van der Waals surface area contributed by atoms with Crippen LogP contribution >= 0.6 is 0 Å². The second kappa shape index (κ2) is 9.11. The molecule has 0 radical (unpaired) electrons. The van der Waals surface area contributed by atoms with Crippen molar-refractivity contribution in [1.82, 2.24) is 14.8 Å². The highest BCUT2D eigenvalue weighted by atomic mass is 16.5. The average Bonchev–Trinajstić information content (AvgIpc) is 3.27. The molecule has 4 rings (SSSR count). The lowest BCUT2D eigenvalue weighted by molar-refractivity contribution is 0.0990. The monoisotopic (exact) mass is 406 g/mol. The number of hydrogen-bond acceptors (Lipinski definition) is 6. The van der Waals surface area contributed by atoms with Gasteiger partial charge < -0.3 is 19.4 Å². The van der Waals surface area contributed by atoms with Gasteiger partial charge in [0.15, 0.2) is 5.76 Å². The number of aromatic nitrogens is 1. The smallest absolute Gasteiger partial charge is 0.311 e. The molecule has 156 valence electrons. The number of carbonyl (C=O) groups excluding carboxylic acids is 1. The summed E-state index contributed by atoms with van der Waals surface area (Å²) in [5.74, 6) is 0.754. The molecular weight excluding hydrogens is 380 g/mol. The normalized spacial score (nSPS) is 15.1. The van der Waals surface area contributed by atoms with Crippen LogP contribution in [0.2, 0.25) is 0 Å². The van der Waals surface area contributed by atoms with Gasteiger partial charge >= 0.3 is 5.91 Å². The average molecular weight is 406 g/mol. The standard InChI is InChI=1S/C23H26N4O3/c1-26-10-12-27(13-11-26)16-17-8-9-20(29-2)19(14-17)25-22(28)23-24-15-21(30-23)18-6-4-3-5-7-18/h3-9,14-15H,10-13,16H2,1-2H3,(H,25,28). The van der Waals surface area contributed by atoms with Crippen LogP contribution in [0.3, 0.4) is 0 Å². The van der Waals surface area contributed by atoms with E-state index < -0.39 is 5.91 Å². The molecule has 1 fully saturated rings. The van der Waals surface area contributed by atoms with E-state index in [0.29, 0.717) is 17.2 Å². The van der Waals surface area contributed by atoms with Crippen LogP contribution in [0.5, 0.6) is 5.75 Å². The van der Waals surface area contributed by atoms with Gasteiger partial charge in [0.2, 0.25) is 0 Å². The van der Waals surface area contributed by atoms with E-state index in [0.717, 1.165) is 43.9 Å². The molecule has 0 atom stereocenters. The third kappa shape index (κ3) is 4.69. The summed E-state index contributed by atoms with van der Waals surface area (Å²) >= 11 is 0. The number of anilines is 1. The number of likely N-dealkylation sites (N-methyl/N-ethyl adjacent to an activating group) is 1. The molecule has 30 heavy (non-hydrogen) atoms. The first-order valence-corrected chi connectivity index (χ1v) is 10.0. The Morgan fingerprint density at radius 1 is 1.13 bits per heavy atom. The zero-order chi connectivity index (χ0) is 20.9. The Morgan fingerprint density at radius 2 is 1.90 bits per heavy atom. The van der Waals surface area contributed by atoms with Crippen LogP contribution in [0, 0.1) is 0 Å². The van der Waals surface area contributed by atoms with E-state index in [1.165, 1.54) is 0 Å². The van der Waals surface area contributed by atoms with Crippen LogP contribution in [0.15, 0.2) is 59.1 Å². The fourth-order valence-electron chi connectivity index (χ4n) is 3.51. The Kier molecular flexibility index (Phi) is 6.11. The van der Waals surface area contributed by atoms with Crippen molar-refractivity contribution in [3.05, 3.63) is 66.2 Å². The van der Waals surface area contributed by atoms with Crippen molar-refractivity contribution in [1.29, 1.82) is 0 Å². The van der Waals surface area contributed by atoms with Crippen molar-refractivity contribution < 1.29 is 13.9 Å². The molecule has 1 aromatic heterocycles. The van der Waals surface area contributed by atoms with Gasteiger partial charge in [0.1, 0.15) is 5.75 Å². The second-order valence-electron chi connectivity index (χ2n) is 7.46. The summed E-state index contributed by atoms with van der Waals surface area (Å²) in [6, 6.07) is 15.4. The summed E-state index contributed by atoms with van der Waals surface area (Å²) in [5, 5.41) is 2.88. The number of nitrogens with one attached hydrogen (secondary N) is 1. The molecule has 0 spiro atoms. The Hall–Kier alpha value is -3.16. The maximum atomic E-state index is 12.7. The number of carbonyl (C=O) groups is 1. The lowest BCUT2D eigenvalue weighted by atomic mass is 10.1. The van der Waals surface area contributed by atoms with E-state index in [2.05, 4.69) is 27.1 Å². The summed E-state index contributed by atoms with van der Waals surface area (Å²) in [6.07, 6.45) is 1.56. The van der Waals surface area contributed by atoms with Crippen LogP contribution in [-0.2, 0) is 6.54 Å². The number of oxazole rings is 1. The fraction of sp³-hybridized carbons (Fsp3) is 0.304. The predicted octanol–water partition coefficient (Wildman–Crippen LogP) is 3.35. The van der Waals surface area contributed by atoms with Gasteiger partial charge in [-0.15, -0.1) is 0 Å². The van der Waals surface area contributed by atoms with E-state index in [1.807, 2.05) is 48.5 Å². The van der Waals surface area contributed by atoms with Gasteiger partial charge in [-0.25, -0.2) is 4.98 Å². The highest BCUT2D eigenvalue weighted by Crippen LogP contribution is 2.27. The molecule has 3 aromatic rings. The summed E-state index contributed by atoms with van der Waals surface area (Å²) in [5.41, 5.74) is 2.59. The molecule has 1 amide bonds. The van der Waals surface area contributed by atoms with Crippen molar-refractivity contribution in [2.45, 2.75) is 6.54 Å². The molecule has 1 aliphatic heterocycles. The van der Waals surface area contributed by atoms with Gasteiger partial charge in [-0.05, 0) is 24.7 Å². The first-order valence-electron chi connectivity index (χ1n) is 10.0. The van der Waals surface area contributed by atoms with Gasteiger partial charge in [0.25, 0.3) is 5.89 Å². The van der Waals surface area contributed by atoms with Gasteiger partial charge in [-0.2, -0.15) is 0 Å². The van der Waals surface area contributed by atoms with Gasteiger partial charge in [0, 0.05) is 38.3 Å². The Balaban J connectivity index is 1.47. The van der Waals surface area contributed by atoms with Crippen molar-refractivity contribution in [2.24, 2.45) is 0 Å². The SMILES string of the molecule is COc1ccc(CN2CCN(C)CC2)cc1NC(=O)c1ncc(-c2ccccc2)o1. The lowest BCUT2D eigenvalue weighted by Crippen LogP contribution is -2.43. The third-order valence-corrected chi connectivity index (χ3v) is 5.27. The zero-order valence-electron chi connectivity index (χ0n) is 17.3. The van der Waals surface area contributed by atoms with Crippen LogP contribution in [0.1, 0.15) is 16.2 Å². The molecule has 1 aliphatic rings. The summed E-state index contributed by atoms with van der Waals surface area (Å²) in [4.78, 5) is 21.6. The minimum Gasteiger partial charge on any atom is -0.495 e. The summed E-state index contributed by atoms with van der Waals surface area (Å²) in [7, 11) is 3.73. The number of rotatable bonds is 6. The number of methoxy groups -OCH3 is 1. The second-order valence-corrected chi connectivity index (χ2v) is 7.46. The van der Waals surface area contributed by atoms with Crippen molar-refractivity contribution >= 4 is 11.6 Å². The van der Waals surface area contributed by atoms with Crippen molar-refractivity contribution in [3.8, 4) is 17.1 Å². The molecule has 0 unspecified atom stereocenters. The number of nitrogens with zero attached hydrogens (tertiary/aromatic N) is 3.